The number of aryl methyl sites for hydroxylation is 2. The first-order valence-corrected chi connectivity index (χ1v) is 11.7. The molecule has 0 spiro atoms. The van der Waals surface area contributed by atoms with Crippen molar-refractivity contribution in [1.82, 2.24) is 4.57 Å². The summed E-state index contributed by atoms with van der Waals surface area (Å²) < 4.78 is 4.65. The van der Waals surface area contributed by atoms with Gasteiger partial charge in [0.1, 0.15) is 11.4 Å². The van der Waals surface area contributed by atoms with E-state index in [2.05, 4.69) is 43.3 Å². The lowest BCUT2D eigenvalue weighted by atomic mass is 10.0. The van der Waals surface area contributed by atoms with E-state index in [1.165, 1.54) is 121 Å². The molecule has 0 fully saturated rings. The summed E-state index contributed by atoms with van der Waals surface area (Å²) in [6, 6.07) is 0. The SMILES string of the molecule is CCCCCCCCCCCCCCCCCCn1c[n+](C)c(C)c1C. The highest BCUT2D eigenvalue weighted by Crippen LogP contribution is 2.14. The van der Waals surface area contributed by atoms with Crippen LogP contribution in [0, 0.1) is 13.8 Å². The van der Waals surface area contributed by atoms with Gasteiger partial charge < -0.3 is 0 Å². The third kappa shape index (κ3) is 10.4. The third-order valence-electron chi connectivity index (χ3n) is 6.05. The maximum Gasteiger partial charge on any atom is 0.243 e. The van der Waals surface area contributed by atoms with Gasteiger partial charge in [0.25, 0.3) is 0 Å². The van der Waals surface area contributed by atoms with Crippen molar-refractivity contribution >= 4 is 0 Å². The second kappa shape index (κ2) is 15.3. The molecule has 2 nitrogen and oxygen atoms in total. The van der Waals surface area contributed by atoms with Gasteiger partial charge in [0.05, 0.1) is 13.6 Å². The van der Waals surface area contributed by atoms with Crippen LogP contribution in [0.1, 0.15) is 121 Å². The molecule has 0 unspecified atom stereocenters. The van der Waals surface area contributed by atoms with Gasteiger partial charge in [0, 0.05) is 13.8 Å². The van der Waals surface area contributed by atoms with Crippen LogP contribution in [0.15, 0.2) is 6.33 Å². The number of aromatic nitrogens is 2. The molecule has 152 valence electrons. The molecule has 0 amide bonds. The normalized spacial score (nSPS) is 11.4. The van der Waals surface area contributed by atoms with E-state index in [0.29, 0.717) is 0 Å². The maximum atomic E-state index is 2.42. The quantitative estimate of drug-likeness (QED) is 0.204. The van der Waals surface area contributed by atoms with Crippen LogP contribution < -0.4 is 4.57 Å². The number of unbranched alkanes of at least 4 members (excludes halogenated alkanes) is 15. The van der Waals surface area contributed by atoms with Crippen molar-refractivity contribution in [1.29, 1.82) is 0 Å². The summed E-state index contributed by atoms with van der Waals surface area (Å²) >= 11 is 0. The Bertz CT molecular complexity index is 447. The molecule has 26 heavy (non-hydrogen) atoms. The Kier molecular flexibility index (Phi) is 13.7. The number of hydrogen-bond donors (Lipinski definition) is 0. The molecule has 1 aromatic heterocycles. The Hall–Kier alpha value is -0.790. The smallest absolute Gasteiger partial charge is 0.237 e. The van der Waals surface area contributed by atoms with Gasteiger partial charge in [0.2, 0.25) is 6.33 Å². The van der Waals surface area contributed by atoms with E-state index in [4.69, 9.17) is 0 Å². The minimum atomic E-state index is 1.19. The fraction of sp³-hybridized carbons (Fsp3) is 0.875. The van der Waals surface area contributed by atoms with E-state index < -0.39 is 0 Å². The molecule has 0 aliphatic carbocycles. The lowest BCUT2D eigenvalue weighted by Crippen LogP contribution is -2.28. The Balaban J connectivity index is 1.80. The van der Waals surface area contributed by atoms with Crippen molar-refractivity contribution in [3.63, 3.8) is 0 Å². The Morgan fingerprint density at radius 1 is 0.654 bits per heavy atom. The Morgan fingerprint density at radius 2 is 1.04 bits per heavy atom. The lowest BCUT2D eigenvalue weighted by Gasteiger charge is -2.03. The summed E-state index contributed by atoms with van der Waals surface area (Å²) in [6.07, 6.45) is 25.3. The van der Waals surface area contributed by atoms with Crippen LogP contribution >= 0.6 is 0 Å². The van der Waals surface area contributed by atoms with Gasteiger partial charge in [-0.05, 0) is 12.8 Å². The van der Waals surface area contributed by atoms with Crippen LogP contribution in [-0.4, -0.2) is 4.57 Å². The largest absolute Gasteiger partial charge is 0.243 e. The fourth-order valence-corrected chi connectivity index (χ4v) is 3.90. The highest BCUT2D eigenvalue weighted by molar-refractivity contribution is 5.02. The molecular weight excluding hydrogens is 316 g/mol. The first kappa shape index (κ1) is 23.2. The lowest BCUT2D eigenvalue weighted by molar-refractivity contribution is -0.677. The molecule has 0 bridgehead atoms. The summed E-state index contributed by atoms with van der Waals surface area (Å²) in [5.74, 6) is 0. The summed E-state index contributed by atoms with van der Waals surface area (Å²) in [4.78, 5) is 0. The number of imidazole rings is 1. The van der Waals surface area contributed by atoms with Crippen LogP contribution in [0.3, 0.4) is 0 Å². The molecule has 1 rings (SSSR count). The molecule has 0 N–H and O–H groups in total. The molecule has 0 saturated carbocycles. The van der Waals surface area contributed by atoms with Crippen LogP contribution in [0.25, 0.3) is 0 Å². The molecule has 0 radical (unpaired) electrons. The first-order chi connectivity index (χ1) is 12.7. The molecular formula is C24H47N2+. The van der Waals surface area contributed by atoms with Crippen molar-refractivity contribution in [3.8, 4) is 0 Å². The molecule has 0 aliphatic rings. The van der Waals surface area contributed by atoms with Crippen molar-refractivity contribution in [3.05, 3.63) is 17.7 Å². The van der Waals surface area contributed by atoms with E-state index in [1.54, 1.807) is 0 Å². The molecule has 2 heteroatoms. The van der Waals surface area contributed by atoms with E-state index in [1.807, 2.05) is 0 Å². The topological polar surface area (TPSA) is 8.81 Å². The van der Waals surface area contributed by atoms with Crippen molar-refractivity contribution < 1.29 is 4.57 Å². The van der Waals surface area contributed by atoms with E-state index in [9.17, 15) is 0 Å². The average molecular weight is 364 g/mol. The van der Waals surface area contributed by atoms with Gasteiger partial charge in [-0.2, -0.15) is 0 Å². The summed E-state index contributed by atoms with van der Waals surface area (Å²) in [5.41, 5.74) is 2.81. The predicted molar refractivity (Wildman–Crippen MR) is 115 cm³/mol. The van der Waals surface area contributed by atoms with Crippen molar-refractivity contribution in [2.75, 3.05) is 0 Å². The number of hydrogen-bond acceptors (Lipinski definition) is 0. The molecule has 1 aromatic rings. The summed E-state index contributed by atoms with van der Waals surface area (Å²) in [6.45, 7) is 7.93. The second-order valence-electron chi connectivity index (χ2n) is 8.39. The highest BCUT2D eigenvalue weighted by atomic mass is 15.1. The van der Waals surface area contributed by atoms with Crippen LogP contribution in [0.4, 0.5) is 0 Å². The monoisotopic (exact) mass is 363 g/mol. The van der Waals surface area contributed by atoms with Gasteiger partial charge in [-0.25, -0.2) is 9.13 Å². The molecule has 0 aromatic carbocycles. The van der Waals surface area contributed by atoms with Gasteiger partial charge in [-0.15, -0.1) is 0 Å². The maximum absolute atomic E-state index is 2.42. The zero-order valence-corrected chi connectivity index (χ0v) is 18.5. The molecule has 0 aliphatic heterocycles. The average Bonchev–Trinajstić information content (AvgIpc) is 2.88. The summed E-state index contributed by atoms with van der Waals surface area (Å²) in [7, 11) is 2.15. The van der Waals surface area contributed by atoms with Gasteiger partial charge in [-0.3, -0.25) is 0 Å². The fourth-order valence-electron chi connectivity index (χ4n) is 3.90. The van der Waals surface area contributed by atoms with Gasteiger partial charge in [0.15, 0.2) is 0 Å². The molecule has 0 atom stereocenters. The second-order valence-corrected chi connectivity index (χ2v) is 8.39. The number of nitrogens with zero attached hydrogens (tertiary/aromatic N) is 2. The Morgan fingerprint density at radius 3 is 1.38 bits per heavy atom. The van der Waals surface area contributed by atoms with Crippen molar-refractivity contribution in [2.24, 2.45) is 7.05 Å². The first-order valence-electron chi connectivity index (χ1n) is 11.7. The van der Waals surface area contributed by atoms with E-state index in [0.717, 1.165) is 0 Å². The predicted octanol–water partition coefficient (Wildman–Crippen LogP) is 7.19. The molecule has 0 saturated heterocycles. The standard InChI is InChI=1S/C24H47N2/c1-5-6-7-8-9-10-11-12-13-14-15-16-17-18-19-20-21-26-22-25(4)23(2)24(26)3/h22H,5-21H2,1-4H3/q+1. The number of rotatable bonds is 17. The zero-order chi connectivity index (χ0) is 19.0. The highest BCUT2D eigenvalue weighted by Gasteiger charge is 2.12. The zero-order valence-electron chi connectivity index (χ0n) is 18.5. The van der Waals surface area contributed by atoms with Crippen LogP contribution in [-0.2, 0) is 13.6 Å². The van der Waals surface area contributed by atoms with E-state index in [-0.39, 0.29) is 0 Å². The molecule has 1 heterocycles. The van der Waals surface area contributed by atoms with Crippen molar-refractivity contribution in [2.45, 2.75) is 130 Å². The van der Waals surface area contributed by atoms with Crippen LogP contribution in [0.2, 0.25) is 0 Å². The summed E-state index contributed by atoms with van der Waals surface area (Å²) in [5, 5.41) is 0. The Labute approximate surface area is 164 Å². The minimum Gasteiger partial charge on any atom is -0.237 e. The van der Waals surface area contributed by atoms with E-state index >= 15 is 0 Å². The minimum absolute atomic E-state index is 1.19. The van der Waals surface area contributed by atoms with Gasteiger partial charge in [-0.1, -0.05) is 96.8 Å². The van der Waals surface area contributed by atoms with Gasteiger partial charge >= 0.3 is 0 Å². The third-order valence-corrected chi connectivity index (χ3v) is 6.05. The van der Waals surface area contributed by atoms with Crippen LogP contribution in [0.5, 0.6) is 0 Å².